The Kier molecular flexibility index (Phi) is 4.09. The van der Waals surface area contributed by atoms with E-state index in [2.05, 4.69) is 0 Å². The molecule has 0 fully saturated rings. The molecular formula is C24H19NO4. The molecule has 0 saturated carbocycles. The van der Waals surface area contributed by atoms with Gasteiger partial charge < -0.3 is 14.4 Å². The van der Waals surface area contributed by atoms with Crippen LogP contribution in [0.4, 0.5) is 0 Å². The summed E-state index contributed by atoms with van der Waals surface area (Å²) in [5.74, 6) is 1.27. The summed E-state index contributed by atoms with van der Waals surface area (Å²) in [6.07, 6.45) is 0. The summed E-state index contributed by atoms with van der Waals surface area (Å²) >= 11 is 0. The van der Waals surface area contributed by atoms with Gasteiger partial charge in [0.1, 0.15) is 13.2 Å². The van der Waals surface area contributed by atoms with Gasteiger partial charge in [0.05, 0.1) is 0 Å². The topological polar surface area (TPSA) is 55.8 Å². The van der Waals surface area contributed by atoms with E-state index in [1.165, 1.54) is 0 Å². The number of ether oxygens (including phenoxy) is 2. The van der Waals surface area contributed by atoms with Gasteiger partial charge in [0, 0.05) is 30.3 Å². The van der Waals surface area contributed by atoms with E-state index in [0.717, 1.165) is 22.4 Å². The maximum absolute atomic E-state index is 13.0. The molecule has 0 spiro atoms. The summed E-state index contributed by atoms with van der Waals surface area (Å²) in [6.45, 7) is 1.50. The van der Waals surface area contributed by atoms with Gasteiger partial charge >= 0.3 is 0 Å². The predicted molar refractivity (Wildman–Crippen MR) is 109 cm³/mol. The number of rotatable bonds is 3. The zero-order valence-electron chi connectivity index (χ0n) is 16.0. The number of benzene rings is 3. The average Bonchev–Trinajstić information content (AvgIpc) is 3.05. The third-order valence-electron chi connectivity index (χ3n) is 5.35. The molecule has 1 aliphatic carbocycles. The molecule has 0 unspecified atom stereocenters. The molecule has 0 aromatic heterocycles. The summed E-state index contributed by atoms with van der Waals surface area (Å²) in [4.78, 5) is 27.3. The van der Waals surface area contributed by atoms with Gasteiger partial charge in [-0.25, -0.2) is 0 Å². The second-order valence-corrected chi connectivity index (χ2v) is 7.27. The van der Waals surface area contributed by atoms with Gasteiger partial charge in [0.25, 0.3) is 5.91 Å². The zero-order valence-corrected chi connectivity index (χ0v) is 16.0. The molecule has 1 aliphatic heterocycles. The SMILES string of the molecule is CN(Cc1ccc2c(c1)OCCO2)C(=O)c1ccc2c(c1)C(=O)c1ccccc1-2. The largest absolute Gasteiger partial charge is 0.486 e. The van der Waals surface area contributed by atoms with E-state index in [1.807, 2.05) is 48.5 Å². The number of hydrogen-bond donors (Lipinski definition) is 0. The van der Waals surface area contributed by atoms with Crippen LogP contribution in [0.1, 0.15) is 31.8 Å². The van der Waals surface area contributed by atoms with Crippen LogP contribution in [0.3, 0.4) is 0 Å². The first-order chi connectivity index (χ1) is 14.1. The quantitative estimate of drug-likeness (QED) is 0.536. The third-order valence-corrected chi connectivity index (χ3v) is 5.35. The van der Waals surface area contributed by atoms with Crippen LogP contribution in [0.15, 0.2) is 60.7 Å². The minimum absolute atomic E-state index is 0.0280. The number of hydrogen-bond acceptors (Lipinski definition) is 4. The molecule has 0 atom stereocenters. The first kappa shape index (κ1) is 17.5. The van der Waals surface area contributed by atoms with E-state index in [4.69, 9.17) is 9.47 Å². The highest BCUT2D eigenvalue weighted by Crippen LogP contribution is 2.37. The molecular weight excluding hydrogens is 366 g/mol. The lowest BCUT2D eigenvalue weighted by atomic mass is 10.0. The van der Waals surface area contributed by atoms with E-state index < -0.39 is 0 Å². The minimum Gasteiger partial charge on any atom is -0.486 e. The van der Waals surface area contributed by atoms with Gasteiger partial charge in [-0.3, -0.25) is 9.59 Å². The Bertz CT molecular complexity index is 1150. The molecule has 5 nitrogen and oxygen atoms in total. The van der Waals surface area contributed by atoms with E-state index >= 15 is 0 Å². The summed E-state index contributed by atoms with van der Waals surface area (Å²) in [6, 6.07) is 18.6. The molecule has 3 aromatic carbocycles. The Labute approximate surface area is 168 Å². The molecule has 5 heteroatoms. The van der Waals surface area contributed by atoms with Crippen molar-refractivity contribution in [2.45, 2.75) is 6.54 Å². The molecule has 3 aromatic rings. The molecule has 5 rings (SSSR count). The molecule has 0 bridgehead atoms. The Balaban J connectivity index is 1.38. The Hall–Kier alpha value is -3.60. The Morgan fingerprint density at radius 3 is 2.41 bits per heavy atom. The highest BCUT2D eigenvalue weighted by atomic mass is 16.6. The normalized spacial score (nSPS) is 13.6. The van der Waals surface area contributed by atoms with Gasteiger partial charge in [-0.1, -0.05) is 36.4 Å². The van der Waals surface area contributed by atoms with Crippen LogP contribution in [-0.4, -0.2) is 36.9 Å². The van der Waals surface area contributed by atoms with E-state index in [9.17, 15) is 9.59 Å². The van der Waals surface area contributed by atoms with Crippen molar-refractivity contribution in [3.8, 4) is 22.6 Å². The minimum atomic E-state index is -0.133. The average molecular weight is 385 g/mol. The van der Waals surface area contributed by atoms with Gasteiger partial charge in [-0.2, -0.15) is 0 Å². The first-order valence-corrected chi connectivity index (χ1v) is 9.54. The van der Waals surface area contributed by atoms with Crippen molar-refractivity contribution in [1.29, 1.82) is 0 Å². The molecule has 0 saturated heterocycles. The maximum Gasteiger partial charge on any atom is 0.253 e. The highest BCUT2D eigenvalue weighted by molar-refractivity contribution is 6.22. The van der Waals surface area contributed by atoms with Crippen LogP contribution < -0.4 is 9.47 Å². The Morgan fingerprint density at radius 1 is 0.862 bits per heavy atom. The molecule has 0 N–H and O–H groups in total. The van der Waals surface area contributed by atoms with E-state index in [-0.39, 0.29) is 11.7 Å². The van der Waals surface area contributed by atoms with Crippen molar-refractivity contribution >= 4 is 11.7 Å². The lowest BCUT2D eigenvalue weighted by molar-refractivity contribution is 0.0785. The van der Waals surface area contributed by atoms with Crippen LogP contribution in [-0.2, 0) is 6.54 Å². The number of fused-ring (bicyclic) bond motifs is 4. The molecule has 2 aliphatic rings. The standard InChI is InChI=1S/C24H19NO4/c1-25(14-15-6-9-21-22(12-15)29-11-10-28-21)24(27)16-7-8-18-17-4-2-3-5-19(17)23(26)20(18)13-16/h2-9,12-13H,10-11,14H2,1H3. The van der Waals surface area contributed by atoms with Crippen LogP contribution in [0.25, 0.3) is 11.1 Å². The van der Waals surface area contributed by atoms with Crippen molar-refractivity contribution in [2.75, 3.05) is 20.3 Å². The van der Waals surface area contributed by atoms with Crippen LogP contribution in [0, 0.1) is 0 Å². The number of nitrogens with zero attached hydrogens (tertiary/aromatic N) is 1. The molecule has 1 amide bonds. The van der Waals surface area contributed by atoms with Crippen molar-refractivity contribution in [3.63, 3.8) is 0 Å². The summed E-state index contributed by atoms with van der Waals surface area (Å²) in [7, 11) is 1.75. The number of ketones is 1. The van der Waals surface area contributed by atoms with Crippen LogP contribution in [0.2, 0.25) is 0 Å². The fraction of sp³-hybridized carbons (Fsp3) is 0.167. The van der Waals surface area contributed by atoms with Gasteiger partial charge in [0.2, 0.25) is 0 Å². The summed E-state index contributed by atoms with van der Waals surface area (Å²) < 4.78 is 11.2. The van der Waals surface area contributed by atoms with Crippen LogP contribution in [0.5, 0.6) is 11.5 Å². The first-order valence-electron chi connectivity index (χ1n) is 9.54. The second kappa shape index (κ2) is 6.78. The fourth-order valence-corrected chi connectivity index (χ4v) is 3.91. The number of carbonyl (C=O) groups is 2. The number of carbonyl (C=O) groups excluding carboxylic acids is 2. The van der Waals surface area contributed by atoms with E-state index in [0.29, 0.717) is 42.2 Å². The molecule has 0 radical (unpaired) electrons. The van der Waals surface area contributed by atoms with Crippen molar-refractivity contribution in [3.05, 3.63) is 82.9 Å². The smallest absolute Gasteiger partial charge is 0.253 e. The maximum atomic E-state index is 13.0. The zero-order chi connectivity index (χ0) is 20.0. The fourth-order valence-electron chi connectivity index (χ4n) is 3.91. The molecule has 144 valence electrons. The second-order valence-electron chi connectivity index (χ2n) is 7.27. The monoisotopic (exact) mass is 385 g/mol. The lowest BCUT2D eigenvalue weighted by Gasteiger charge is -2.21. The third kappa shape index (κ3) is 2.95. The molecule has 29 heavy (non-hydrogen) atoms. The highest BCUT2D eigenvalue weighted by Gasteiger charge is 2.27. The van der Waals surface area contributed by atoms with Gasteiger partial charge in [-0.05, 0) is 41.0 Å². The molecule has 1 heterocycles. The summed E-state index contributed by atoms with van der Waals surface area (Å²) in [5.41, 5.74) is 4.55. The Morgan fingerprint density at radius 2 is 1.59 bits per heavy atom. The van der Waals surface area contributed by atoms with Crippen molar-refractivity contribution < 1.29 is 19.1 Å². The van der Waals surface area contributed by atoms with Crippen molar-refractivity contribution in [1.82, 2.24) is 4.90 Å². The summed E-state index contributed by atoms with van der Waals surface area (Å²) in [5, 5.41) is 0. The van der Waals surface area contributed by atoms with Crippen molar-refractivity contribution in [2.24, 2.45) is 0 Å². The lowest BCUT2D eigenvalue weighted by Crippen LogP contribution is -2.26. The number of amides is 1. The van der Waals surface area contributed by atoms with Gasteiger partial charge in [-0.15, -0.1) is 0 Å². The predicted octanol–water partition coefficient (Wildman–Crippen LogP) is 3.94. The van der Waals surface area contributed by atoms with E-state index in [1.54, 1.807) is 24.1 Å². The van der Waals surface area contributed by atoms with Gasteiger partial charge in [0.15, 0.2) is 17.3 Å². The van der Waals surface area contributed by atoms with Crippen LogP contribution >= 0.6 is 0 Å².